The number of carbonyl (C=O) groups excluding carboxylic acids is 2. The van der Waals surface area contributed by atoms with Gasteiger partial charge in [-0.2, -0.15) is 0 Å². The van der Waals surface area contributed by atoms with Gasteiger partial charge in [0.15, 0.2) is 0 Å². The fourth-order valence-electron chi connectivity index (χ4n) is 4.38. The number of nitrogens with zero attached hydrogens (tertiary/aromatic N) is 3. The quantitative estimate of drug-likeness (QED) is 0.849. The van der Waals surface area contributed by atoms with Crippen LogP contribution in [0.1, 0.15) is 38.2 Å². The van der Waals surface area contributed by atoms with Crippen LogP contribution in [-0.2, 0) is 11.2 Å². The number of hydrogen-bond acceptors (Lipinski definition) is 3. The Morgan fingerprint density at radius 1 is 1.11 bits per heavy atom. The van der Waals surface area contributed by atoms with E-state index in [-0.39, 0.29) is 12.1 Å². The highest BCUT2D eigenvalue weighted by Crippen LogP contribution is 2.31. The molecule has 2 heterocycles. The SMILES string of the molecule is CCc1cccc(NC(=O)N2CCCN([C@@H]3CCN(CC4CC4)C3=O)CC2)c1. The predicted octanol–water partition coefficient (Wildman–Crippen LogP) is 2.80. The van der Waals surface area contributed by atoms with E-state index in [1.807, 2.05) is 23.1 Å². The molecule has 1 N–H and O–H groups in total. The number of likely N-dealkylation sites (tertiary alicyclic amines) is 1. The predicted molar refractivity (Wildman–Crippen MR) is 110 cm³/mol. The van der Waals surface area contributed by atoms with Gasteiger partial charge in [0.2, 0.25) is 5.91 Å². The van der Waals surface area contributed by atoms with Gasteiger partial charge in [-0.25, -0.2) is 4.79 Å². The van der Waals surface area contributed by atoms with E-state index >= 15 is 0 Å². The third kappa shape index (κ3) is 4.49. The highest BCUT2D eigenvalue weighted by atomic mass is 16.2. The Hall–Kier alpha value is -2.08. The molecule has 2 aliphatic heterocycles. The second-order valence-corrected chi connectivity index (χ2v) is 8.39. The Morgan fingerprint density at radius 2 is 1.96 bits per heavy atom. The Kier molecular flexibility index (Phi) is 5.85. The van der Waals surface area contributed by atoms with Crippen molar-refractivity contribution in [2.75, 3.05) is 44.6 Å². The Labute approximate surface area is 167 Å². The molecule has 3 amide bonds. The monoisotopic (exact) mass is 384 g/mol. The van der Waals surface area contributed by atoms with Crippen LogP contribution in [0.3, 0.4) is 0 Å². The normalized spacial score (nSPS) is 23.8. The van der Waals surface area contributed by atoms with Crippen LogP contribution in [0, 0.1) is 5.92 Å². The molecular formula is C22H32N4O2. The molecule has 1 aromatic carbocycles. The molecule has 152 valence electrons. The molecule has 0 bridgehead atoms. The molecule has 3 fully saturated rings. The average molecular weight is 385 g/mol. The standard InChI is InChI=1S/C22H32N4O2/c1-2-17-5-3-6-19(15-17)23-22(28)25-11-4-10-24(13-14-25)20-9-12-26(21(20)27)16-18-7-8-18/h3,5-6,15,18,20H,2,4,7-14,16H2,1H3,(H,23,28)/t20-/m1/s1. The van der Waals surface area contributed by atoms with Crippen molar-refractivity contribution in [1.29, 1.82) is 0 Å². The van der Waals surface area contributed by atoms with E-state index in [0.717, 1.165) is 63.6 Å². The lowest BCUT2D eigenvalue weighted by Crippen LogP contribution is -2.44. The molecule has 1 aromatic rings. The molecule has 1 saturated carbocycles. The van der Waals surface area contributed by atoms with E-state index in [2.05, 4.69) is 28.1 Å². The van der Waals surface area contributed by atoms with Crippen LogP contribution in [-0.4, -0.2) is 71.9 Å². The second kappa shape index (κ2) is 8.52. The van der Waals surface area contributed by atoms with Crippen molar-refractivity contribution in [2.24, 2.45) is 5.92 Å². The van der Waals surface area contributed by atoms with E-state index in [1.54, 1.807) is 0 Å². The summed E-state index contributed by atoms with van der Waals surface area (Å²) in [7, 11) is 0. The topological polar surface area (TPSA) is 55.9 Å². The molecule has 1 aliphatic carbocycles. The maximum atomic E-state index is 12.8. The van der Waals surface area contributed by atoms with Crippen LogP contribution >= 0.6 is 0 Å². The molecule has 3 aliphatic rings. The van der Waals surface area contributed by atoms with Gasteiger partial charge in [0.25, 0.3) is 0 Å². The van der Waals surface area contributed by atoms with Crippen molar-refractivity contribution in [3.8, 4) is 0 Å². The van der Waals surface area contributed by atoms with Gasteiger partial charge in [0.1, 0.15) is 0 Å². The molecule has 0 aromatic heterocycles. The van der Waals surface area contributed by atoms with Crippen molar-refractivity contribution in [1.82, 2.24) is 14.7 Å². The maximum Gasteiger partial charge on any atom is 0.321 e. The summed E-state index contributed by atoms with van der Waals surface area (Å²) < 4.78 is 0. The summed E-state index contributed by atoms with van der Waals surface area (Å²) >= 11 is 0. The molecule has 0 radical (unpaired) electrons. The highest BCUT2D eigenvalue weighted by Gasteiger charge is 2.38. The zero-order valence-electron chi connectivity index (χ0n) is 16.9. The highest BCUT2D eigenvalue weighted by molar-refractivity contribution is 5.89. The van der Waals surface area contributed by atoms with Gasteiger partial charge < -0.3 is 15.1 Å². The molecule has 6 nitrogen and oxygen atoms in total. The number of nitrogens with one attached hydrogen (secondary N) is 1. The first-order valence-corrected chi connectivity index (χ1v) is 10.8. The number of urea groups is 1. The average Bonchev–Trinajstić information content (AvgIpc) is 3.49. The molecule has 4 rings (SSSR count). The summed E-state index contributed by atoms with van der Waals surface area (Å²) in [5.74, 6) is 1.05. The Bertz CT molecular complexity index is 718. The van der Waals surface area contributed by atoms with Crippen molar-refractivity contribution in [3.05, 3.63) is 29.8 Å². The zero-order valence-corrected chi connectivity index (χ0v) is 16.9. The summed E-state index contributed by atoms with van der Waals surface area (Å²) in [6.45, 7) is 7.04. The Morgan fingerprint density at radius 3 is 2.75 bits per heavy atom. The van der Waals surface area contributed by atoms with Crippen molar-refractivity contribution in [3.63, 3.8) is 0 Å². The van der Waals surface area contributed by atoms with Crippen molar-refractivity contribution >= 4 is 17.6 Å². The fraction of sp³-hybridized carbons (Fsp3) is 0.636. The molecule has 2 saturated heterocycles. The van der Waals surface area contributed by atoms with Crippen LogP contribution in [0.25, 0.3) is 0 Å². The number of anilines is 1. The number of hydrogen-bond donors (Lipinski definition) is 1. The van der Waals surface area contributed by atoms with E-state index in [0.29, 0.717) is 12.5 Å². The fourth-order valence-corrected chi connectivity index (χ4v) is 4.38. The van der Waals surface area contributed by atoms with Gasteiger partial charge in [-0.15, -0.1) is 0 Å². The first-order valence-electron chi connectivity index (χ1n) is 10.8. The van der Waals surface area contributed by atoms with Crippen LogP contribution in [0.4, 0.5) is 10.5 Å². The van der Waals surface area contributed by atoms with Crippen molar-refractivity contribution in [2.45, 2.75) is 45.1 Å². The van der Waals surface area contributed by atoms with Crippen LogP contribution < -0.4 is 5.32 Å². The van der Waals surface area contributed by atoms with Gasteiger partial charge in [-0.05, 0) is 55.7 Å². The largest absolute Gasteiger partial charge is 0.341 e. The number of amides is 3. The number of carbonyl (C=O) groups is 2. The molecule has 6 heteroatoms. The van der Waals surface area contributed by atoms with Crippen LogP contribution in [0.5, 0.6) is 0 Å². The van der Waals surface area contributed by atoms with Crippen LogP contribution in [0.15, 0.2) is 24.3 Å². The maximum absolute atomic E-state index is 12.8. The lowest BCUT2D eigenvalue weighted by molar-refractivity contribution is -0.132. The third-order valence-electron chi connectivity index (χ3n) is 6.29. The summed E-state index contributed by atoms with van der Waals surface area (Å²) in [5, 5.41) is 3.04. The van der Waals surface area contributed by atoms with Gasteiger partial charge in [-0.3, -0.25) is 9.69 Å². The lowest BCUT2D eigenvalue weighted by Gasteiger charge is -2.26. The van der Waals surface area contributed by atoms with Crippen LogP contribution in [0.2, 0.25) is 0 Å². The molecular weight excluding hydrogens is 352 g/mol. The summed E-state index contributed by atoms with van der Waals surface area (Å²) in [4.78, 5) is 31.8. The van der Waals surface area contributed by atoms with Gasteiger partial charge in [0.05, 0.1) is 6.04 Å². The first-order chi connectivity index (χ1) is 13.6. The van der Waals surface area contributed by atoms with E-state index < -0.39 is 0 Å². The summed E-state index contributed by atoms with van der Waals surface area (Å²) in [6, 6.07) is 8.01. The number of aryl methyl sites for hydroxylation is 1. The zero-order chi connectivity index (χ0) is 19.5. The van der Waals surface area contributed by atoms with Gasteiger partial charge >= 0.3 is 6.03 Å². The van der Waals surface area contributed by atoms with E-state index in [4.69, 9.17) is 0 Å². The molecule has 0 unspecified atom stereocenters. The summed E-state index contributed by atoms with van der Waals surface area (Å²) in [5.41, 5.74) is 2.07. The molecule has 0 spiro atoms. The smallest absolute Gasteiger partial charge is 0.321 e. The minimum atomic E-state index is -0.0387. The summed E-state index contributed by atoms with van der Waals surface area (Å²) in [6.07, 6.45) is 5.36. The second-order valence-electron chi connectivity index (χ2n) is 8.39. The first kappa shape index (κ1) is 19.2. The molecule has 1 atom stereocenters. The Balaban J connectivity index is 1.30. The lowest BCUT2D eigenvalue weighted by atomic mass is 10.1. The van der Waals surface area contributed by atoms with E-state index in [1.165, 1.54) is 18.4 Å². The number of benzene rings is 1. The number of rotatable bonds is 5. The van der Waals surface area contributed by atoms with Gasteiger partial charge in [0, 0.05) is 45.0 Å². The van der Waals surface area contributed by atoms with Gasteiger partial charge in [-0.1, -0.05) is 19.1 Å². The van der Waals surface area contributed by atoms with E-state index in [9.17, 15) is 9.59 Å². The minimum absolute atomic E-state index is 0.0167. The molecule has 28 heavy (non-hydrogen) atoms. The minimum Gasteiger partial charge on any atom is -0.341 e. The van der Waals surface area contributed by atoms with Crippen molar-refractivity contribution < 1.29 is 9.59 Å². The third-order valence-corrected chi connectivity index (χ3v) is 6.29.